The zero-order valence-electron chi connectivity index (χ0n) is 14.2. The molecule has 1 aliphatic heterocycles. The second kappa shape index (κ2) is 8.12. The molecule has 0 unspecified atom stereocenters. The van der Waals surface area contributed by atoms with Crippen molar-refractivity contribution >= 4 is 23.3 Å². The quantitative estimate of drug-likeness (QED) is 0.910. The van der Waals surface area contributed by atoms with Crippen molar-refractivity contribution in [2.75, 3.05) is 38.2 Å². The number of nitrogens with one attached hydrogen (secondary N) is 1. The van der Waals surface area contributed by atoms with E-state index >= 15 is 0 Å². The van der Waals surface area contributed by atoms with Gasteiger partial charge in [0, 0.05) is 37.7 Å². The van der Waals surface area contributed by atoms with Gasteiger partial charge >= 0.3 is 6.03 Å². The molecule has 2 aromatic rings. The second-order valence-corrected chi connectivity index (χ2v) is 6.37. The van der Waals surface area contributed by atoms with E-state index in [2.05, 4.69) is 10.2 Å². The maximum atomic E-state index is 12.3. The lowest BCUT2D eigenvalue weighted by Gasteiger charge is -2.36. The molecule has 132 valence electrons. The molecule has 3 rings (SSSR count). The fourth-order valence-corrected chi connectivity index (χ4v) is 3.11. The summed E-state index contributed by atoms with van der Waals surface area (Å²) in [5.41, 5.74) is 2.07. The highest BCUT2D eigenvalue weighted by molar-refractivity contribution is 6.30. The second-order valence-electron chi connectivity index (χ2n) is 5.93. The Balaban J connectivity index is 1.55. The molecular weight excluding hydrogens is 338 g/mol. The molecule has 0 saturated carbocycles. The van der Waals surface area contributed by atoms with E-state index in [0.29, 0.717) is 24.7 Å². The van der Waals surface area contributed by atoms with Crippen molar-refractivity contribution in [2.45, 2.75) is 6.54 Å². The van der Waals surface area contributed by atoms with Crippen LogP contribution in [0.4, 0.5) is 10.5 Å². The van der Waals surface area contributed by atoms with Crippen molar-refractivity contribution in [3.05, 3.63) is 59.1 Å². The number of methoxy groups -OCH3 is 1. The van der Waals surface area contributed by atoms with Gasteiger partial charge in [-0.3, -0.25) is 0 Å². The van der Waals surface area contributed by atoms with Crippen molar-refractivity contribution < 1.29 is 9.53 Å². The third-order valence-corrected chi connectivity index (χ3v) is 4.57. The van der Waals surface area contributed by atoms with E-state index in [1.165, 1.54) is 0 Å². The van der Waals surface area contributed by atoms with E-state index in [-0.39, 0.29) is 6.03 Å². The van der Waals surface area contributed by atoms with Gasteiger partial charge in [-0.15, -0.1) is 0 Å². The van der Waals surface area contributed by atoms with Crippen LogP contribution in [0, 0.1) is 0 Å². The standard InChI is InChI=1S/C19H22ClN3O2/c1-25-18-8-7-16(20)13-17(18)22-9-11-23(12-10-22)19(24)21-14-15-5-3-2-4-6-15/h2-8,13H,9-12,14H2,1H3,(H,21,24). The molecule has 25 heavy (non-hydrogen) atoms. The number of ether oxygens (including phenoxy) is 1. The molecule has 5 nitrogen and oxygen atoms in total. The lowest BCUT2D eigenvalue weighted by molar-refractivity contribution is 0.194. The smallest absolute Gasteiger partial charge is 0.317 e. The number of urea groups is 1. The lowest BCUT2D eigenvalue weighted by Crippen LogP contribution is -2.51. The molecule has 1 N–H and O–H groups in total. The van der Waals surface area contributed by atoms with Gasteiger partial charge in [-0.1, -0.05) is 41.9 Å². The number of benzene rings is 2. The Hall–Kier alpha value is -2.40. The summed E-state index contributed by atoms with van der Waals surface area (Å²) in [5, 5.41) is 3.66. The van der Waals surface area contributed by atoms with E-state index < -0.39 is 0 Å². The highest BCUT2D eigenvalue weighted by Gasteiger charge is 2.23. The summed E-state index contributed by atoms with van der Waals surface area (Å²) >= 11 is 6.11. The van der Waals surface area contributed by atoms with Crippen molar-refractivity contribution in [2.24, 2.45) is 0 Å². The van der Waals surface area contributed by atoms with Crippen LogP contribution in [0.15, 0.2) is 48.5 Å². The Morgan fingerprint density at radius 2 is 1.84 bits per heavy atom. The minimum Gasteiger partial charge on any atom is -0.495 e. The maximum absolute atomic E-state index is 12.3. The molecule has 0 aromatic heterocycles. The van der Waals surface area contributed by atoms with Gasteiger partial charge in [-0.25, -0.2) is 4.79 Å². The summed E-state index contributed by atoms with van der Waals surface area (Å²) in [6.45, 7) is 3.36. The Labute approximate surface area is 153 Å². The zero-order valence-corrected chi connectivity index (χ0v) is 15.0. The summed E-state index contributed by atoms with van der Waals surface area (Å²) in [6.07, 6.45) is 0. The Kier molecular flexibility index (Phi) is 5.66. The van der Waals surface area contributed by atoms with Crippen molar-refractivity contribution in [1.82, 2.24) is 10.2 Å². The Bertz CT molecular complexity index is 716. The molecule has 1 fully saturated rings. The van der Waals surface area contributed by atoms with Gasteiger partial charge in [-0.05, 0) is 23.8 Å². The summed E-state index contributed by atoms with van der Waals surface area (Å²) in [4.78, 5) is 16.4. The Morgan fingerprint density at radius 3 is 2.52 bits per heavy atom. The van der Waals surface area contributed by atoms with Crippen LogP contribution < -0.4 is 15.0 Å². The van der Waals surface area contributed by atoms with Crippen molar-refractivity contribution in [3.8, 4) is 5.75 Å². The summed E-state index contributed by atoms with van der Waals surface area (Å²) in [5.74, 6) is 0.798. The molecule has 0 radical (unpaired) electrons. The van der Waals surface area contributed by atoms with E-state index in [9.17, 15) is 4.79 Å². The highest BCUT2D eigenvalue weighted by atomic mass is 35.5. The monoisotopic (exact) mass is 359 g/mol. The van der Waals surface area contributed by atoms with Crippen LogP contribution in [0.1, 0.15) is 5.56 Å². The number of carbonyl (C=O) groups is 1. The first-order valence-electron chi connectivity index (χ1n) is 8.32. The van der Waals surface area contributed by atoms with Crippen LogP contribution in [-0.4, -0.2) is 44.2 Å². The molecule has 2 aromatic carbocycles. The van der Waals surface area contributed by atoms with Crippen molar-refractivity contribution in [3.63, 3.8) is 0 Å². The molecule has 0 bridgehead atoms. The molecule has 1 aliphatic rings. The molecule has 1 saturated heterocycles. The molecule has 0 atom stereocenters. The van der Waals surface area contributed by atoms with E-state index in [1.54, 1.807) is 7.11 Å². The Morgan fingerprint density at radius 1 is 1.12 bits per heavy atom. The largest absolute Gasteiger partial charge is 0.495 e. The zero-order chi connectivity index (χ0) is 17.6. The fourth-order valence-electron chi connectivity index (χ4n) is 2.95. The van der Waals surface area contributed by atoms with Gasteiger partial charge in [0.15, 0.2) is 0 Å². The number of nitrogens with zero attached hydrogens (tertiary/aromatic N) is 2. The van der Waals surface area contributed by atoms with Crippen LogP contribution >= 0.6 is 11.6 Å². The van der Waals surface area contributed by atoms with Gasteiger partial charge in [0.25, 0.3) is 0 Å². The first-order chi connectivity index (χ1) is 12.2. The first-order valence-corrected chi connectivity index (χ1v) is 8.70. The molecule has 6 heteroatoms. The number of carbonyl (C=O) groups excluding carboxylic acids is 1. The predicted octanol–water partition coefficient (Wildman–Crippen LogP) is 3.38. The van der Waals surface area contributed by atoms with Gasteiger partial charge in [-0.2, -0.15) is 0 Å². The summed E-state index contributed by atoms with van der Waals surface area (Å²) in [6, 6.07) is 15.5. The highest BCUT2D eigenvalue weighted by Crippen LogP contribution is 2.31. The van der Waals surface area contributed by atoms with Crippen LogP contribution in [0.2, 0.25) is 5.02 Å². The minimum absolute atomic E-state index is 0.0263. The van der Waals surface area contributed by atoms with Gasteiger partial charge in [0.1, 0.15) is 5.75 Å². The van der Waals surface area contributed by atoms with Crippen LogP contribution in [-0.2, 0) is 6.54 Å². The molecule has 0 spiro atoms. The van der Waals surface area contributed by atoms with Gasteiger partial charge < -0.3 is 19.9 Å². The van der Waals surface area contributed by atoms with Crippen LogP contribution in [0.3, 0.4) is 0 Å². The fraction of sp³-hybridized carbons (Fsp3) is 0.316. The van der Waals surface area contributed by atoms with Crippen molar-refractivity contribution in [1.29, 1.82) is 0 Å². The number of halogens is 1. The number of hydrogen-bond acceptors (Lipinski definition) is 3. The van der Waals surface area contributed by atoms with Crippen LogP contribution in [0.25, 0.3) is 0 Å². The van der Waals surface area contributed by atoms with E-state index in [0.717, 1.165) is 30.1 Å². The molecule has 1 heterocycles. The number of hydrogen-bond donors (Lipinski definition) is 1. The third-order valence-electron chi connectivity index (χ3n) is 4.34. The summed E-state index contributed by atoms with van der Waals surface area (Å²) < 4.78 is 5.42. The first kappa shape index (κ1) is 17.4. The third kappa shape index (κ3) is 4.37. The number of rotatable bonds is 4. The number of piperazine rings is 1. The minimum atomic E-state index is -0.0263. The van der Waals surface area contributed by atoms with Crippen LogP contribution in [0.5, 0.6) is 5.75 Å². The maximum Gasteiger partial charge on any atom is 0.317 e. The average molecular weight is 360 g/mol. The van der Waals surface area contributed by atoms with Gasteiger partial charge in [0.05, 0.1) is 12.8 Å². The topological polar surface area (TPSA) is 44.8 Å². The lowest BCUT2D eigenvalue weighted by atomic mass is 10.2. The number of amides is 2. The molecule has 2 amide bonds. The van der Waals surface area contributed by atoms with E-state index in [1.807, 2.05) is 53.4 Å². The molecule has 0 aliphatic carbocycles. The predicted molar refractivity (Wildman–Crippen MR) is 100 cm³/mol. The normalized spacial score (nSPS) is 14.3. The SMILES string of the molecule is COc1ccc(Cl)cc1N1CCN(C(=O)NCc2ccccc2)CC1. The summed E-state index contributed by atoms with van der Waals surface area (Å²) in [7, 11) is 1.65. The van der Waals surface area contributed by atoms with E-state index in [4.69, 9.17) is 16.3 Å². The van der Waals surface area contributed by atoms with Gasteiger partial charge in [0.2, 0.25) is 0 Å². The number of anilines is 1. The molecular formula is C19H22ClN3O2. The average Bonchev–Trinajstić information content (AvgIpc) is 2.67.